The normalized spacial score (nSPS) is 11.2. The van der Waals surface area contributed by atoms with Crippen LogP contribution in [0.3, 0.4) is 0 Å². The zero-order valence-electron chi connectivity index (χ0n) is 9.83. The summed E-state index contributed by atoms with van der Waals surface area (Å²) in [6, 6.07) is 13.9. The highest BCUT2D eigenvalue weighted by atomic mass is 32.2. The number of hydrogen-bond donors (Lipinski definition) is 1. The Morgan fingerprint density at radius 2 is 1.67 bits per heavy atom. The molecule has 2 aromatic rings. The highest BCUT2D eigenvalue weighted by Crippen LogP contribution is 2.24. The van der Waals surface area contributed by atoms with Crippen LogP contribution in [0.25, 0.3) is 11.1 Å². The smallest absolute Gasteiger partial charge is 0.238 e. The monoisotopic (exact) mass is 263 g/mol. The average Bonchev–Trinajstić information content (AvgIpc) is 2.38. The summed E-state index contributed by atoms with van der Waals surface area (Å²) in [6.07, 6.45) is 0. The minimum atomic E-state index is -3.64. The van der Waals surface area contributed by atoms with Gasteiger partial charge in [-0.15, -0.1) is 0 Å². The Kier molecular flexibility index (Phi) is 3.36. The van der Waals surface area contributed by atoms with E-state index in [1.54, 1.807) is 19.2 Å². The molecule has 2 aromatic carbocycles. The molecule has 0 bridgehead atoms. The van der Waals surface area contributed by atoms with Gasteiger partial charge in [-0.25, -0.2) is 13.6 Å². The molecular weight excluding hydrogens is 250 g/mol. The molecule has 0 aliphatic carbocycles. The third-order valence-corrected chi connectivity index (χ3v) is 3.52. The molecule has 0 aliphatic heterocycles. The Hall–Kier alpha value is -1.85. The Labute approximate surface area is 106 Å². The number of ether oxygens (including phenoxy) is 1. The van der Waals surface area contributed by atoms with Crippen molar-refractivity contribution in [2.75, 3.05) is 7.11 Å². The van der Waals surface area contributed by atoms with E-state index in [9.17, 15) is 8.42 Å². The first-order valence-corrected chi connectivity index (χ1v) is 6.82. The van der Waals surface area contributed by atoms with Crippen LogP contribution in [0.4, 0.5) is 0 Å². The van der Waals surface area contributed by atoms with E-state index in [0.717, 1.165) is 16.9 Å². The molecular formula is C13H13NO3S. The highest BCUT2D eigenvalue weighted by Gasteiger charge is 2.07. The molecule has 0 aromatic heterocycles. The van der Waals surface area contributed by atoms with E-state index >= 15 is 0 Å². The topological polar surface area (TPSA) is 69.4 Å². The van der Waals surface area contributed by atoms with Gasteiger partial charge >= 0.3 is 0 Å². The zero-order chi connectivity index (χ0) is 13.2. The first kappa shape index (κ1) is 12.6. The molecule has 0 saturated heterocycles. The van der Waals surface area contributed by atoms with Gasteiger partial charge in [-0.05, 0) is 35.4 Å². The van der Waals surface area contributed by atoms with Crippen molar-refractivity contribution in [3.8, 4) is 16.9 Å². The van der Waals surface area contributed by atoms with Gasteiger partial charge in [0.15, 0.2) is 0 Å². The van der Waals surface area contributed by atoms with E-state index in [1.807, 2.05) is 24.3 Å². The number of methoxy groups -OCH3 is 1. The van der Waals surface area contributed by atoms with Crippen molar-refractivity contribution < 1.29 is 13.2 Å². The fourth-order valence-electron chi connectivity index (χ4n) is 1.64. The second-order valence-electron chi connectivity index (χ2n) is 3.80. The third kappa shape index (κ3) is 2.69. The third-order valence-electron chi connectivity index (χ3n) is 2.59. The van der Waals surface area contributed by atoms with Crippen molar-refractivity contribution in [3.63, 3.8) is 0 Å². The van der Waals surface area contributed by atoms with E-state index < -0.39 is 10.0 Å². The molecule has 4 nitrogen and oxygen atoms in total. The van der Waals surface area contributed by atoms with Crippen molar-refractivity contribution in [2.24, 2.45) is 5.14 Å². The van der Waals surface area contributed by atoms with Crippen molar-refractivity contribution in [2.45, 2.75) is 4.90 Å². The molecule has 0 aliphatic rings. The van der Waals surface area contributed by atoms with Crippen LogP contribution in [0.5, 0.6) is 5.75 Å². The minimum Gasteiger partial charge on any atom is -0.497 e. The minimum absolute atomic E-state index is 0.106. The van der Waals surface area contributed by atoms with Crippen LogP contribution in [0.2, 0.25) is 0 Å². The summed E-state index contributed by atoms with van der Waals surface area (Å²) in [4.78, 5) is 0.106. The number of hydrogen-bond acceptors (Lipinski definition) is 3. The van der Waals surface area contributed by atoms with Gasteiger partial charge in [0.05, 0.1) is 12.0 Å². The SMILES string of the molecule is COc1cccc(-c2ccc(S(N)(=O)=O)cc2)c1. The lowest BCUT2D eigenvalue weighted by molar-refractivity contribution is 0.415. The number of primary sulfonamides is 1. The molecule has 0 heterocycles. The van der Waals surface area contributed by atoms with Crippen LogP contribution in [0.1, 0.15) is 0 Å². The molecule has 2 rings (SSSR count). The maximum atomic E-state index is 11.1. The molecule has 0 amide bonds. The van der Waals surface area contributed by atoms with Crippen molar-refractivity contribution in [3.05, 3.63) is 48.5 Å². The molecule has 0 saturated carbocycles. The second-order valence-corrected chi connectivity index (χ2v) is 5.36. The summed E-state index contributed by atoms with van der Waals surface area (Å²) >= 11 is 0. The number of benzene rings is 2. The van der Waals surface area contributed by atoms with Gasteiger partial charge in [0.25, 0.3) is 0 Å². The summed E-state index contributed by atoms with van der Waals surface area (Å²) in [7, 11) is -2.04. The number of sulfonamides is 1. The highest BCUT2D eigenvalue weighted by molar-refractivity contribution is 7.89. The van der Waals surface area contributed by atoms with Gasteiger partial charge in [0.1, 0.15) is 5.75 Å². The van der Waals surface area contributed by atoms with E-state index in [4.69, 9.17) is 9.88 Å². The second kappa shape index (κ2) is 4.80. The lowest BCUT2D eigenvalue weighted by atomic mass is 10.1. The predicted molar refractivity (Wildman–Crippen MR) is 69.8 cm³/mol. The number of nitrogens with two attached hydrogens (primary N) is 1. The van der Waals surface area contributed by atoms with Crippen molar-refractivity contribution in [1.29, 1.82) is 0 Å². The van der Waals surface area contributed by atoms with Gasteiger partial charge in [-0.3, -0.25) is 0 Å². The van der Waals surface area contributed by atoms with Crippen LogP contribution in [0, 0.1) is 0 Å². The molecule has 94 valence electrons. The van der Waals surface area contributed by atoms with Crippen molar-refractivity contribution in [1.82, 2.24) is 0 Å². The fraction of sp³-hybridized carbons (Fsp3) is 0.0769. The maximum absolute atomic E-state index is 11.1. The van der Waals surface area contributed by atoms with E-state index in [1.165, 1.54) is 12.1 Å². The van der Waals surface area contributed by atoms with Crippen LogP contribution in [0.15, 0.2) is 53.4 Å². The lowest BCUT2D eigenvalue weighted by Gasteiger charge is -2.05. The fourth-order valence-corrected chi connectivity index (χ4v) is 2.16. The largest absolute Gasteiger partial charge is 0.497 e. The standard InChI is InChI=1S/C13H13NO3S/c1-17-12-4-2-3-11(9-12)10-5-7-13(8-6-10)18(14,15)16/h2-9H,1H3,(H2,14,15,16). The first-order chi connectivity index (χ1) is 8.50. The summed E-state index contributed by atoms with van der Waals surface area (Å²) in [5.41, 5.74) is 1.86. The summed E-state index contributed by atoms with van der Waals surface area (Å²) in [5.74, 6) is 0.753. The van der Waals surface area contributed by atoms with E-state index in [2.05, 4.69) is 0 Å². The summed E-state index contributed by atoms with van der Waals surface area (Å²) in [6.45, 7) is 0. The quantitative estimate of drug-likeness (QED) is 0.921. The van der Waals surface area contributed by atoms with Gasteiger partial charge in [-0.2, -0.15) is 0 Å². The van der Waals surface area contributed by atoms with Crippen LogP contribution < -0.4 is 9.88 Å². The molecule has 0 radical (unpaired) electrons. The zero-order valence-corrected chi connectivity index (χ0v) is 10.6. The Morgan fingerprint density at radius 3 is 2.22 bits per heavy atom. The Balaban J connectivity index is 2.40. The molecule has 2 N–H and O–H groups in total. The van der Waals surface area contributed by atoms with E-state index in [0.29, 0.717) is 0 Å². The number of rotatable bonds is 3. The van der Waals surface area contributed by atoms with Crippen LogP contribution in [-0.2, 0) is 10.0 Å². The molecule has 18 heavy (non-hydrogen) atoms. The summed E-state index contributed by atoms with van der Waals surface area (Å²) in [5, 5.41) is 5.04. The van der Waals surface area contributed by atoms with Gasteiger partial charge in [0.2, 0.25) is 10.0 Å². The average molecular weight is 263 g/mol. The first-order valence-electron chi connectivity index (χ1n) is 5.28. The molecule has 5 heteroatoms. The molecule has 0 spiro atoms. The summed E-state index contributed by atoms with van der Waals surface area (Å²) < 4.78 is 27.4. The Morgan fingerprint density at radius 1 is 1.00 bits per heavy atom. The van der Waals surface area contributed by atoms with Gasteiger partial charge in [0, 0.05) is 0 Å². The molecule has 0 unspecified atom stereocenters. The van der Waals surface area contributed by atoms with Crippen LogP contribution in [-0.4, -0.2) is 15.5 Å². The Bertz CT molecular complexity index is 648. The molecule has 0 fully saturated rings. The van der Waals surface area contributed by atoms with E-state index in [-0.39, 0.29) is 4.90 Å². The predicted octanol–water partition coefficient (Wildman–Crippen LogP) is 2.01. The van der Waals surface area contributed by atoms with Crippen LogP contribution >= 0.6 is 0 Å². The lowest BCUT2D eigenvalue weighted by Crippen LogP contribution is -2.11. The van der Waals surface area contributed by atoms with Gasteiger partial charge in [-0.1, -0.05) is 24.3 Å². The van der Waals surface area contributed by atoms with Gasteiger partial charge < -0.3 is 4.74 Å². The maximum Gasteiger partial charge on any atom is 0.238 e. The molecule has 0 atom stereocenters. The van der Waals surface area contributed by atoms with Crippen molar-refractivity contribution >= 4 is 10.0 Å².